The standard InChI is InChI=1S/C9H10ClNO/c1-12-9(11)6-7-2-4-8(10)5-3-7/h2-5,11H,6H2,1H3. The molecule has 2 nitrogen and oxygen atoms in total. The second kappa shape index (κ2) is 4.12. The average Bonchev–Trinajstić information content (AvgIpc) is 2.09. The maximum absolute atomic E-state index is 7.27. The first-order valence-electron chi connectivity index (χ1n) is 3.58. The van der Waals surface area contributed by atoms with Gasteiger partial charge in [-0.3, -0.25) is 5.41 Å². The van der Waals surface area contributed by atoms with Gasteiger partial charge in [0.1, 0.15) is 0 Å². The van der Waals surface area contributed by atoms with E-state index in [1.54, 1.807) is 12.1 Å². The Morgan fingerprint density at radius 1 is 1.42 bits per heavy atom. The molecule has 1 rings (SSSR count). The third kappa shape index (κ3) is 2.55. The molecule has 0 aliphatic carbocycles. The molecule has 0 heterocycles. The summed E-state index contributed by atoms with van der Waals surface area (Å²) in [4.78, 5) is 0. The molecule has 0 bridgehead atoms. The van der Waals surface area contributed by atoms with E-state index in [-0.39, 0.29) is 5.90 Å². The van der Waals surface area contributed by atoms with Crippen LogP contribution in [0, 0.1) is 5.41 Å². The molecule has 12 heavy (non-hydrogen) atoms. The van der Waals surface area contributed by atoms with Gasteiger partial charge in [-0.2, -0.15) is 0 Å². The third-order valence-electron chi connectivity index (χ3n) is 1.52. The molecule has 0 aromatic heterocycles. The van der Waals surface area contributed by atoms with Gasteiger partial charge in [0.05, 0.1) is 7.11 Å². The van der Waals surface area contributed by atoms with Gasteiger partial charge in [0, 0.05) is 11.4 Å². The molecule has 64 valence electrons. The Hall–Kier alpha value is -1.02. The SMILES string of the molecule is COC(=N)Cc1ccc(Cl)cc1. The van der Waals surface area contributed by atoms with E-state index in [1.807, 2.05) is 12.1 Å². The van der Waals surface area contributed by atoms with E-state index in [1.165, 1.54) is 7.11 Å². The predicted octanol–water partition coefficient (Wildman–Crippen LogP) is 2.51. The normalized spacial score (nSPS) is 9.50. The van der Waals surface area contributed by atoms with Crippen molar-refractivity contribution in [1.29, 1.82) is 5.41 Å². The Labute approximate surface area is 76.6 Å². The van der Waals surface area contributed by atoms with Crippen LogP contribution in [-0.4, -0.2) is 13.0 Å². The van der Waals surface area contributed by atoms with Gasteiger partial charge >= 0.3 is 0 Å². The molecular formula is C9H10ClNO. The first-order valence-corrected chi connectivity index (χ1v) is 3.96. The molecule has 0 aliphatic heterocycles. The van der Waals surface area contributed by atoms with Crippen LogP contribution in [0.2, 0.25) is 5.02 Å². The highest BCUT2D eigenvalue weighted by molar-refractivity contribution is 6.30. The van der Waals surface area contributed by atoms with Crippen LogP contribution in [0.25, 0.3) is 0 Å². The van der Waals surface area contributed by atoms with E-state index in [0.717, 1.165) is 5.56 Å². The molecule has 0 unspecified atom stereocenters. The number of halogens is 1. The zero-order chi connectivity index (χ0) is 8.97. The van der Waals surface area contributed by atoms with Crippen molar-refractivity contribution in [2.24, 2.45) is 0 Å². The Balaban J connectivity index is 2.64. The Bertz CT molecular complexity index is 268. The quantitative estimate of drug-likeness (QED) is 0.555. The molecule has 0 saturated heterocycles. The molecule has 1 N–H and O–H groups in total. The lowest BCUT2D eigenvalue weighted by Crippen LogP contribution is -2.02. The lowest BCUT2D eigenvalue weighted by atomic mass is 10.1. The van der Waals surface area contributed by atoms with Gasteiger partial charge in [-0.1, -0.05) is 23.7 Å². The molecule has 0 saturated carbocycles. The molecule has 0 radical (unpaired) electrons. The molecule has 0 fully saturated rings. The fraction of sp³-hybridized carbons (Fsp3) is 0.222. The zero-order valence-corrected chi connectivity index (χ0v) is 7.56. The second-order valence-corrected chi connectivity index (χ2v) is 2.87. The molecule has 0 atom stereocenters. The topological polar surface area (TPSA) is 33.1 Å². The number of nitrogens with one attached hydrogen (secondary N) is 1. The van der Waals surface area contributed by atoms with Crippen LogP contribution in [0.5, 0.6) is 0 Å². The third-order valence-corrected chi connectivity index (χ3v) is 1.78. The lowest BCUT2D eigenvalue weighted by molar-refractivity contribution is 0.390. The van der Waals surface area contributed by atoms with Crippen molar-refractivity contribution in [3.63, 3.8) is 0 Å². The highest BCUT2D eigenvalue weighted by Crippen LogP contribution is 2.10. The van der Waals surface area contributed by atoms with Gasteiger partial charge in [0.15, 0.2) is 5.90 Å². The van der Waals surface area contributed by atoms with Crippen molar-refractivity contribution in [2.75, 3.05) is 7.11 Å². The number of ether oxygens (including phenoxy) is 1. The minimum Gasteiger partial charge on any atom is -0.484 e. The summed E-state index contributed by atoms with van der Waals surface area (Å²) in [5.41, 5.74) is 1.03. The van der Waals surface area contributed by atoms with Crippen molar-refractivity contribution >= 4 is 17.5 Å². The molecule has 0 aliphatic rings. The number of benzene rings is 1. The maximum Gasteiger partial charge on any atom is 0.184 e. The zero-order valence-electron chi connectivity index (χ0n) is 6.80. The highest BCUT2D eigenvalue weighted by Gasteiger charge is 1.97. The minimum atomic E-state index is 0.261. The van der Waals surface area contributed by atoms with Gasteiger partial charge in [0.2, 0.25) is 0 Å². The van der Waals surface area contributed by atoms with Gasteiger partial charge in [-0.25, -0.2) is 0 Å². The molecule has 3 heteroatoms. The number of hydrogen-bond donors (Lipinski definition) is 1. The van der Waals surface area contributed by atoms with E-state index >= 15 is 0 Å². The van der Waals surface area contributed by atoms with Crippen molar-refractivity contribution in [2.45, 2.75) is 6.42 Å². The first kappa shape index (κ1) is 9.07. The van der Waals surface area contributed by atoms with Crippen LogP contribution in [0.3, 0.4) is 0 Å². The molecule has 0 amide bonds. The Kier molecular flexibility index (Phi) is 3.11. The summed E-state index contributed by atoms with van der Waals surface area (Å²) in [6, 6.07) is 7.38. The lowest BCUT2D eigenvalue weighted by Gasteiger charge is -2.01. The number of rotatable bonds is 2. The second-order valence-electron chi connectivity index (χ2n) is 2.43. The van der Waals surface area contributed by atoms with Gasteiger partial charge in [-0.05, 0) is 17.7 Å². The smallest absolute Gasteiger partial charge is 0.184 e. The van der Waals surface area contributed by atoms with Gasteiger partial charge in [0.25, 0.3) is 0 Å². The van der Waals surface area contributed by atoms with Crippen molar-refractivity contribution in [3.8, 4) is 0 Å². The summed E-state index contributed by atoms with van der Waals surface area (Å²) in [5.74, 6) is 0.261. The van der Waals surface area contributed by atoms with Crippen LogP contribution in [-0.2, 0) is 11.2 Å². The summed E-state index contributed by atoms with van der Waals surface area (Å²) in [7, 11) is 1.50. The van der Waals surface area contributed by atoms with Crippen molar-refractivity contribution < 1.29 is 4.74 Å². The van der Waals surface area contributed by atoms with E-state index in [9.17, 15) is 0 Å². The van der Waals surface area contributed by atoms with Crippen LogP contribution < -0.4 is 0 Å². The van der Waals surface area contributed by atoms with E-state index in [0.29, 0.717) is 11.4 Å². The van der Waals surface area contributed by atoms with Crippen LogP contribution in [0.15, 0.2) is 24.3 Å². The fourth-order valence-electron chi connectivity index (χ4n) is 0.860. The maximum atomic E-state index is 7.27. The van der Waals surface area contributed by atoms with Gasteiger partial charge < -0.3 is 4.74 Å². The average molecular weight is 184 g/mol. The number of methoxy groups -OCH3 is 1. The number of hydrogen-bond acceptors (Lipinski definition) is 2. The van der Waals surface area contributed by atoms with Crippen LogP contribution in [0.4, 0.5) is 0 Å². The summed E-state index contributed by atoms with van der Waals surface area (Å²) in [6.45, 7) is 0. The minimum absolute atomic E-state index is 0.261. The van der Waals surface area contributed by atoms with Gasteiger partial charge in [-0.15, -0.1) is 0 Å². The predicted molar refractivity (Wildman–Crippen MR) is 49.9 cm³/mol. The van der Waals surface area contributed by atoms with E-state index in [2.05, 4.69) is 0 Å². The summed E-state index contributed by atoms with van der Waals surface area (Å²) in [5, 5.41) is 7.98. The summed E-state index contributed by atoms with van der Waals surface area (Å²) >= 11 is 5.70. The fourth-order valence-corrected chi connectivity index (χ4v) is 0.986. The van der Waals surface area contributed by atoms with Crippen LogP contribution >= 0.6 is 11.6 Å². The molecule has 1 aromatic rings. The Morgan fingerprint density at radius 2 is 2.00 bits per heavy atom. The largest absolute Gasteiger partial charge is 0.484 e. The summed E-state index contributed by atoms with van der Waals surface area (Å²) < 4.78 is 4.73. The van der Waals surface area contributed by atoms with E-state index in [4.69, 9.17) is 21.7 Å². The van der Waals surface area contributed by atoms with E-state index < -0.39 is 0 Å². The Morgan fingerprint density at radius 3 is 2.50 bits per heavy atom. The summed E-state index contributed by atoms with van der Waals surface area (Å²) in [6.07, 6.45) is 0.521. The monoisotopic (exact) mass is 183 g/mol. The highest BCUT2D eigenvalue weighted by atomic mass is 35.5. The molecule has 0 spiro atoms. The molecule has 1 aromatic carbocycles. The van der Waals surface area contributed by atoms with Crippen molar-refractivity contribution in [1.82, 2.24) is 0 Å². The molecular weight excluding hydrogens is 174 g/mol. The van der Waals surface area contributed by atoms with Crippen molar-refractivity contribution in [3.05, 3.63) is 34.9 Å². The first-order chi connectivity index (χ1) is 5.72. The van der Waals surface area contributed by atoms with Crippen LogP contribution in [0.1, 0.15) is 5.56 Å².